The molecule has 0 atom stereocenters. The quantitative estimate of drug-likeness (QED) is 0.846. The van der Waals surface area contributed by atoms with Gasteiger partial charge in [-0.15, -0.1) is 10.2 Å². The summed E-state index contributed by atoms with van der Waals surface area (Å²) in [7, 11) is 0. The number of hydrogen-bond donors (Lipinski definition) is 1. The Morgan fingerprint density at radius 2 is 2.28 bits per heavy atom. The summed E-state index contributed by atoms with van der Waals surface area (Å²) >= 11 is 1.03. The molecule has 1 aromatic carbocycles. The lowest BCUT2D eigenvalue weighted by Crippen LogP contribution is -2.28. The summed E-state index contributed by atoms with van der Waals surface area (Å²) in [5.74, 6) is -0.640. The number of rotatable bonds is 1. The number of nitrogens with zero attached hydrogens (tertiary/aromatic N) is 3. The molecule has 18 heavy (non-hydrogen) atoms. The highest BCUT2D eigenvalue weighted by Crippen LogP contribution is 2.30. The monoisotopic (exact) mass is 264 g/mol. The molecule has 5 nitrogen and oxygen atoms in total. The minimum absolute atomic E-state index is 0.226. The van der Waals surface area contributed by atoms with Crippen LogP contribution >= 0.6 is 11.3 Å². The highest BCUT2D eigenvalue weighted by atomic mass is 32.1. The summed E-state index contributed by atoms with van der Waals surface area (Å²) < 4.78 is 13.2. The Hall–Kier alpha value is -2.02. The fourth-order valence-electron chi connectivity index (χ4n) is 2.00. The predicted molar refractivity (Wildman–Crippen MR) is 66.1 cm³/mol. The Morgan fingerprint density at radius 3 is 3.00 bits per heavy atom. The summed E-state index contributed by atoms with van der Waals surface area (Å²) in [5.41, 5.74) is 7.01. The molecule has 0 fully saturated rings. The van der Waals surface area contributed by atoms with Crippen molar-refractivity contribution in [1.29, 1.82) is 0 Å². The molecule has 1 amide bonds. The highest BCUT2D eigenvalue weighted by Gasteiger charge is 2.28. The minimum Gasteiger partial charge on any atom is -0.374 e. The van der Waals surface area contributed by atoms with Gasteiger partial charge in [-0.3, -0.25) is 4.79 Å². The van der Waals surface area contributed by atoms with Crippen LogP contribution in [0.2, 0.25) is 0 Å². The van der Waals surface area contributed by atoms with E-state index in [-0.39, 0.29) is 21.9 Å². The Morgan fingerprint density at radius 1 is 1.44 bits per heavy atom. The zero-order chi connectivity index (χ0) is 12.7. The van der Waals surface area contributed by atoms with Gasteiger partial charge in [-0.05, 0) is 24.1 Å². The van der Waals surface area contributed by atoms with Gasteiger partial charge in [0.2, 0.25) is 10.1 Å². The van der Waals surface area contributed by atoms with Crippen LogP contribution in [-0.2, 0) is 6.42 Å². The first kappa shape index (κ1) is 11.1. The lowest BCUT2D eigenvalue weighted by molar-refractivity contribution is 0.0988. The predicted octanol–water partition coefficient (Wildman–Crippen LogP) is 1.46. The third-order valence-electron chi connectivity index (χ3n) is 2.81. The van der Waals surface area contributed by atoms with Crippen molar-refractivity contribution in [3.8, 4) is 0 Å². The fraction of sp³-hybridized carbons (Fsp3) is 0.182. The van der Waals surface area contributed by atoms with Crippen molar-refractivity contribution in [2.24, 2.45) is 0 Å². The molecule has 0 unspecified atom stereocenters. The highest BCUT2D eigenvalue weighted by molar-refractivity contribution is 7.17. The SMILES string of the molecule is Nc1nnc(C(=O)N2CCc3ccc(F)cc32)s1. The molecular formula is C11H9FN4OS. The van der Waals surface area contributed by atoms with Gasteiger partial charge in [0.1, 0.15) is 5.82 Å². The summed E-state index contributed by atoms with van der Waals surface area (Å²) in [6.07, 6.45) is 0.718. The van der Waals surface area contributed by atoms with Crippen molar-refractivity contribution in [2.75, 3.05) is 17.2 Å². The average Bonchev–Trinajstić information content (AvgIpc) is 2.94. The number of hydrogen-bond acceptors (Lipinski definition) is 5. The molecule has 1 aromatic heterocycles. The minimum atomic E-state index is -0.356. The van der Waals surface area contributed by atoms with E-state index in [4.69, 9.17) is 5.73 Å². The molecule has 2 N–H and O–H groups in total. The van der Waals surface area contributed by atoms with Crippen molar-refractivity contribution >= 4 is 28.1 Å². The van der Waals surface area contributed by atoms with Crippen molar-refractivity contribution in [1.82, 2.24) is 10.2 Å². The molecule has 0 aliphatic carbocycles. The topological polar surface area (TPSA) is 72.1 Å². The molecule has 1 aliphatic heterocycles. The van der Waals surface area contributed by atoms with Crippen LogP contribution in [0.25, 0.3) is 0 Å². The van der Waals surface area contributed by atoms with E-state index in [2.05, 4.69) is 10.2 Å². The molecule has 1 aliphatic rings. The van der Waals surface area contributed by atoms with Gasteiger partial charge < -0.3 is 10.6 Å². The number of nitrogen functional groups attached to an aromatic ring is 1. The van der Waals surface area contributed by atoms with E-state index in [0.717, 1.165) is 23.3 Å². The van der Waals surface area contributed by atoms with E-state index in [1.54, 1.807) is 6.07 Å². The molecule has 7 heteroatoms. The maximum Gasteiger partial charge on any atom is 0.289 e. The van der Waals surface area contributed by atoms with Crippen LogP contribution in [0.5, 0.6) is 0 Å². The van der Waals surface area contributed by atoms with Gasteiger partial charge in [0.25, 0.3) is 5.91 Å². The normalized spacial score (nSPS) is 13.7. The number of carbonyl (C=O) groups excluding carboxylic acids is 1. The molecule has 3 rings (SSSR count). The Bertz CT molecular complexity index is 627. The second-order valence-corrected chi connectivity index (χ2v) is 4.93. The molecule has 0 saturated heterocycles. The van der Waals surface area contributed by atoms with Crippen LogP contribution in [-0.4, -0.2) is 22.6 Å². The van der Waals surface area contributed by atoms with Crippen molar-refractivity contribution in [3.05, 3.63) is 34.6 Å². The second kappa shape index (κ2) is 4.02. The van der Waals surface area contributed by atoms with Crippen LogP contribution in [0.15, 0.2) is 18.2 Å². The summed E-state index contributed by atoms with van der Waals surface area (Å²) in [5, 5.41) is 7.80. The zero-order valence-corrected chi connectivity index (χ0v) is 10.1. The Kier molecular flexibility index (Phi) is 2.48. The third-order valence-corrected chi connectivity index (χ3v) is 3.55. The number of benzene rings is 1. The van der Waals surface area contributed by atoms with Crippen LogP contribution in [0, 0.1) is 5.82 Å². The molecule has 2 aromatic rings. The molecule has 0 saturated carbocycles. The first-order valence-electron chi connectivity index (χ1n) is 5.34. The van der Waals surface area contributed by atoms with Crippen molar-refractivity contribution in [3.63, 3.8) is 0 Å². The van der Waals surface area contributed by atoms with Gasteiger partial charge in [-0.2, -0.15) is 0 Å². The number of halogens is 1. The summed E-state index contributed by atoms with van der Waals surface area (Å²) in [6.45, 7) is 0.525. The van der Waals surface area contributed by atoms with E-state index in [9.17, 15) is 9.18 Å². The second-order valence-electron chi connectivity index (χ2n) is 3.93. The van der Waals surface area contributed by atoms with Gasteiger partial charge in [-0.1, -0.05) is 17.4 Å². The van der Waals surface area contributed by atoms with E-state index in [1.807, 2.05) is 0 Å². The van der Waals surface area contributed by atoms with Crippen molar-refractivity contribution < 1.29 is 9.18 Å². The van der Waals surface area contributed by atoms with E-state index >= 15 is 0 Å². The first-order chi connectivity index (χ1) is 8.65. The lowest BCUT2D eigenvalue weighted by Gasteiger charge is -2.15. The number of anilines is 2. The van der Waals surface area contributed by atoms with E-state index < -0.39 is 0 Å². The Labute approximate surface area is 106 Å². The molecule has 92 valence electrons. The molecule has 2 heterocycles. The molecule has 0 spiro atoms. The Balaban J connectivity index is 1.96. The van der Waals surface area contributed by atoms with E-state index in [0.29, 0.717) is 12.2 Å². The van der Waals surface area contributed by atoms with Crippen LogP contribution in [0.1, 0.15) is 15.4 Å². The molecule has 0 bridgehead atoms. The first-order valence-corrected chi connectivity index (χ1v) is 6.16. The van der Waals surface area contributed by atoms with Crippen molar-refractivity contribution in [2.45, 2.75) is 6.42 Å². The number of carbonyl (C=O) groups is 1. The zero-order valence-electron chi connectivity index (χ0n) is 9.26. The number of fused-ring (bicyclic) bond motifs is 1. The number of aromatic nitrogens is 2. The lowest BCUT2D eigenvalue weighted by atomic mass is 10.2. The number of nitrogens with two attached hydrogens (primary N) is 1. The van der Waals surface area contributed by atoms with Crippen LogP contribution in [0.4, 0.5) is 15.2 Å². The van der Waals surface area contributed by atoms with Gasteiger partial charge >= 0.3 is 0 Å². The summed E-state index contributed by atoms with van der Waals surface area (Å²) in [4.78, 5) is 13.7. The largest absolute Gasteiger partial charge is 0.374 e. The third kappa shape index (κ3) is 1.72. The summed E-state index contributed by atoms with van der Waals surface area (Å²) in [6, 6.07) is 4.47. The molecular weight excluding hydrogens is 255 g/mol. The standard InChI is InChI=1S/C11H9FN4OS/c12-7-2-1-6-3-4-16(8(6)5-7)10(17)9-14-15-11(13)18-9/h1-2,5H,3-4H2,(H2,13,15). The number of amides is 1. The smallest absolute Gasteiger partial charge is 0.289 e. The maximum atomic E-state index is 13.2. The van der Waals surface area contributed by atoms with Gasteiger partial charge in [-0.25, -0.2) is 4.39 Å². The van der Waals surface area contributed by atoms with Crippen LogP contribution in [0.3, 0.4) is 0 Å². The van der Waals surface area contributed by atoms with Gasteiger partial charge in [0.15, 0.2) is 0 Å². The maximum absolute atomic E-state index is 13.2. The molecule has 0 radical (unpaired) electrons. The van der Waals surface area contributed by atoms with E-state index in [1.165, 1.54) is 17.0 Å². The van der Waals surface area contributed by atoms with Crippen LogP contribution < -0.4 is 10.6 Å². The fourth-order valence-corrected chi connectivity index (χ4v) is 2.56. The average molecular weight is 264 g/mol. The van der Waals surface area contributed by atoms with Gasteiger partial charge in [0.05, 0.1) is 5.69 Å². The van der Waals surface area contributed by atoms with Gasteiger partial charge in [0, 0.05) is 6.54 Å².